The quantitative estimate of drug-likeness (QED) is 0.286. The molecule has 2 aromatic carbocycles. The Bertz CT molecular complexity index is 1100. The molecule has 178 valence electrons. The van der Waals surface area contributed by atoms with Crippen molar-refractivity contribution in [2.75, 3.05) is 6.61 Å². The molecule has 0 spiro atoms. The summed E-state index contributed by atoms with van der Waals surface area (Å²) >= 11 is 0. The number of H-pyrrole nitrogens is 1. The number of benzene rings is 2. The van der Waals surface area contributed by atoms with Crippen molar-refractivity contribution < 1.29 is 35.0 Å². The van der Waals surface area contributed by atoms with Gasteiger partial charge in [0.2, 0.25) is 6.29 Å². The second-order valence-electron chi connectivity index (χ2n) is 8.60. The molecule has 9 nitrogen and oxygen atoms in total. The van der Waals surface area contributed by atoms with Gasteiger partial charge in [-0.3, -0.25) is 5.10 Å². The highest BCUT2D eigenvalue weighted by molar-refractivity contribution is 5.88. The van der Waals surface area contributed by atoms with Crippen molar-refractivity contribution in [2.24, 2.45) is 0 Å². The standard InChI is InChI=1S/C24H30N2O7/c1-3-4-14-5-7-15(8-6-14)11-17-20-16(25-26-17)9-13(2)10-18(20)33-24(31)22(29)21(28)19(12-27)32-23(24)30/h5-10,19,21-23,27-31H,3-4,11-12H2,1-2H3,(H,25,26)/t19-,21-,22+,23+,24+/m1/s1. The summed E-state index contributed by atoms with van der Waals surface area (Å²) in [6, 6.07) is 11.8. The van der Waals surface area contributed by atoms with Gasteiger partial charge in [-0.15, -0.1) is 0 Å². The van der Waals surface area contributed by atoms with Crippen molar-refractivity contribution in [3.63, 3.8) is 0 Å². The molecular formula is C24H30N2O7. The van der Waals surface area contributed by atoms with Crippen LogP contribution in [0.15, 0.2) is 36.4 Å². The maximum Gasteiger partial charge on any atom is 0.288 e. The first-order valence-electron chi connectivity index (χ1n) is 11.0. The van der Waals surface area contributed by atoms with Crippen molar-refractivity contribution in [3.8, 4) is 5.75 Å². The van der Waals surface area contributed by atoms with E-state index in [2.05, 4.69) is 29.3 Å². The third kappa shape index (κ3) is 4.48. The zero-order chi connectivity index (χ0) is 23.8. The molecule has 6 N–H and O–H groups in total. The number of nitrogens with one attached hydrogen (secondary N) is 1. The van der Waals surface area contributed by atoms with Crippen LogP contribution in [0.3, 0.4) is 0 Å². The lowest BCUT2D eigenvalue weighted by molar-refractivity contribution is -0.385. The molecule has 4 rings (SSSR count). The van der Waals surface area contributed by atoms with Gasteiger partial charge in [0, 0.05) is 6.42 Å². The fraction of sp³-hybridized carbons (Fsp3) is 0.458. The molecule has 0 radical (unpaired) electrons. The van der Waals surface area contributed by atoms with Gasteiger partial charge in [0.25, 0.3) is 5.79 Å². The first-order chi connectivity index (χ1) is 15.8. The largest absolute Gasteiger partial charge is 0.453 e. The van der Waals surface area contributed by atoms with Crippen LogP contribution in [0.5, 0.6) is 5.75 Å². The minimum absolute atomic E-state index is 0.162. The molecule has 0 amide bonds. The average molecular weight is 459 g/mol. The molecule has 1 fully saturated rings. The van der Waals surface area contributed by atoms with Crippen LogP contribution < -0.4 is 4.74 Å². The van der Waals surface area contributed by atoms with Gasteiger partial charge in [0.15, 0.2) is 6.10 Å². The topological polar surface area (TPSA) is 148 Å². The van der Waals surface area contributed by atoms with Gasteiger partial charge in [0.05, 0.1) is 23.2 Å². The first kappa shape index (κ1) is 23.6. The molecule has 3 aromatic rings. The van der Waals surface area contributed by atoms with Crippen LogP contribution in [0.25, 0.3) is 10.9 Å². The Hall–Kier alpha value is -2.53. The Balaban J connectivity index is 1.68. The van der Waals surface area contributed by atoms with Gasteiger partial charge in [-0.25, -0.2) is 0 Å². The fourth-order valence-corrected chi connectivity index (χ4v) is 4.21. The molecule has 1 saturated heterocycles. The number of aryl methyl sites for hydroxylation is 2. The number of rotatable bonds is 7. The van der Waals surface area contributed by atoms with Crippen LogP contribution in [0.1, 0.15) is 35.7 Å². The van der Waals surface area contributed by atoms with E-state index < -0.39 is 37.0 Å². The van der Waals surface area contributed by atoms with Crippen LogP contribution in [0.2, 0.25) is 0 Å². The van der Waals surface area contributed by atoms with Crippen LogP contribution >= 0.6 is 0 Å². The van der Waals surface area contributed by atoms with E-state index in [4.69, 9.17) is 9.47 Å². The summed E-state index contributed by atoms with van der Waals surface area (Å²) in [7, 11) is 0. The third-order valence-electron chi connectivity index (χ3n) is 6.02. The normalized spacial score (nSPS) is 27.7. The summed E-state index contributed by atoms with van der Waals surface area (Å²) in [5.41, 5.74) is 4.39. The number of aliphatic hydroxyl groups excluding tert-OH is 4. The van der Waals surface area contributed by atoms with E-state index in [-0.39, 0.29) is 5.75 Å². The summed E-state index contributed by atoms with van der Waals surface area (Å²) < 4.78 is 10.8. The van der Waals surface area contributed by atoms with E-state index in [1.165, 1.54) is 5.56 Å². The molecule has 0 saturated carbocycles. The second-order valence-corrected chi connectivity index (χ2v) is 8.60. The number of fused-ring (bicyclic) bond motifs is 1. The number of aliphatic hydroxyl groups is 5. The molecule has 5 atom stereocenters. The van der Waals surface area contributed by atoms with Crippen LogP contribution in [-0.4, -0.2) is 72.7 Å². The molecule has 0 aliphatic carbocycles. The van der Waals surface area contributed by atoms with E-state index in [1.54, 1.807) is 6.07 Å². The van der Waals surface area contributed by atoms with E-state index in [0.29, 0.717) is 17.3 Å². The lowest BCUT2D eigenvalue weighted by atomic mass is 9.95. The van der Waals surface area contributed by atoms with E-state index in [9.17, 15) is 25.5 Å². The summed E-state index contributed by atoms with van der Waals surface area (Å²) in [5.74, 6) is -2.50. The van der Waals surface area contributed by atoms with E-state index in [1.807, 2.05) is 25.1 Å². The maximum absolute atomic E-state index is 11.0. The average Bonchev–Trinajstić information content (AvgIpc) is 3.19. The first-order valence-corrected chi connectivity index (χ1v) is 11.0. The van der Waals surface area contributed by atoms with Crippen LogP contribution in [0.4, 0.5) is 0 Å². The summed E-state index contributed by atoms with van der Waals surface area (Å²) in [5, 5.41) is 59.2. The highest BCUT2D eigenvalue weighted by Crippen LogP contribution is 2.37. The molecular weight excluding hydrogens is 428 g/mol. The molecule has 33 heavy (non-hydrogen) atoms. The van der Waals surface area contributed by atoms with Gasteiger partial charge in [-0.05, 0) is 42.2 Å². The SMILES string of the molecule is CCCc1ccc(Cc2[nH]nc3cc(C)cc(O[C@]4(O)[C@@H](O)O[C@H](CO)[C@@H](O)[C@@H]4O)c23)cc1. The zero-order valence-corrected chi connectivity index (χ0v) is 18.6. The molecule has 1 aromatic heterocycles. The number of hydrogen-bond acceptors (Lipinski definition) is 8. The fourth-order valence-electron chi connectivity index (χ4n) is 4.21. The van der Waals surface area contributed by atoms with Gasteiger partial charge >= 0.3 is 0 Å². The van der Waals surface area contributed by atoms with Crippen molar-refractivity contribution >= 4 is 10.9 Å². The van der Waals surface area contributed by atoms with Crippen molar-refractivity contribution in [1.29, 1.82) is 0 Å². The maximum atomic E-state index is 11.0. The molecule has 9 heteroatoms. The monoisotopic (exact) mass is 458 g/mol. The minimum Gasteiger partial charge on any atom is -0.453 e. The molecule has 1 aliphatic rings. The summed E-state index contributed by atoms with van der Waals surface area (Å²) in [6.07, 6.45) is -4.29. The molecule has 0 unspecified atom stereocenters. The van der Waals surface area contributed by atoms with Crippen molar-refractivity contribution in [3.05, 3.63) is 58.8 Å². The Morgan fingerprint density at radius 2 is 1.82 bits per heavy atom. The van der Waals surface area contributed by atoms with Gasteiger partial charge in [-0.1, -0.05) is 37.6 Å². The zero-order valence-electron chi connectivity index (χ0n) is 18.6. The summed E-state index contributed by atoms with van der Waals surface area (Å²) in [4.78, 5) is 0. The highest BCUT2D eigenvalue weighted by atomic mass is 16.7. The van der Waals surface area contributed by atoms with Crippen molar-refractivity contribution in [2.45, 2.75) is 63.5 Å². The number of ether oxygens (including phenoxy) is 2. The Morgan fingerprint density at radius 3 is 2.48 bits per heavy atom. The highest BCUT2D eigenvalue weighted by Gasteiger charge is 2.57. The van der Waals surface area contributed by atoms with Crippen LogP contribution in [0, 0.1) is 6.92 Å². The van der Waals surface area contributed by atoms with E-state index in [0.717, 1.165) is 29.7 Å². The number of nitrogens with zero attached hydrogens (tertiary/aromatic N) is 1. The molecule has 0 bridgehead atoms. The Labute approximate surface area is 191 Å². The van der Waals surface area contributed by atoms with Gasteiger partial charge < -0.3 is 35.0 Å². The Morgan fingerprint density at radius 1 is 1.12 bits per heavy atom. The number of hydrogen-bond donors (Lipinski definition) is 6. The van der Waals surface area contributed by atoms with Crippen molar-refractivity contribution in [1.82, 2.24) is 10.2 Å². The lowest BCUT2D eigenvalue weighted by Gasteiger charge is -2.45. The molecule has 2 heterocycles. The summed E-state index contributed by atoms with van der Waals surface area (Å²) in [6.45, 7) is 3.30. The second kappa shape index (κ2) is 9.38. The minimum atomic E-state index is -2.66. The lowest BCUT2D eigenvalue weighted by Crippen LogP contribution is -2.69. The Kier molecular flexibility index (Phi) is 6.71. The predicted molar refractivity (Wildman–Crippen MR) is 120 cm³/mol. The van der Waals surface area contributed by atoms with Gasteiger partial charge in [0.1, 0.15) is 18.0 Å². The smallest absolute Gasteiger partial charge is 0.288 e. The number of aromatic nitrogens is 2. The third-order valence-corrected chi connectivity index (χ3v) is 6.02. The van der Waals surface area contributed by atoms with Crippen LogP contribution in [-0.2, 0) is 17.6 Å². The predicted octanol–water partition coefficient (Wildman–Crippen LogP) is 0.913. The van der Waals surface area contributed by atoms with Gasteiger partial charge in [-0.2, -0.15) is 5.10 Å². The van der Waals surface area contributed by atoms with E-state index >= 15 is 0 Å². The molecule has 1 aliphatic heterocycles. The number of aromatic amines is 1.